The summed E-state index contributed by atoms with van der Waals surface area (Å²) in [6.45, 7) is 2.02. The number of thiazole rings is 1. The largest absolute Gasteiger partial charge is 0.350 e. The highest BCUT2D eigenvalue weighted by Crippen LogP contribution is 2.19. The summed E-state index contributed by atoms with van der Waals surface area (Å²) >= 11 is 7.34. The predicted octanol–water partition coefficient (Wildman–Crippen LogP) is 1.88. The molecule has 0 N–H and O–H groups in total. The van der Waals surface area contributed by atoms with Crippen LogP contribution in [0, 0.1) is 0 Å². The fraction of sp³-hybridized carbons (Fsp3) is 0.667. The minimum atomic E-state index is 0.498. The molecule has 3 nitrogen and oxygen atoms in total. The molecule has 0 atom stereocenters. The molecule has 0 saturated heterocycles. The molecule has 0 unspecified atom stereocenters. The lowest BCUT2D eigenvalue weighted by atomic mass is 10.5. The highest BCUT2D eigenvalue weighted by molar-refractivity contribution is 7.13. The molecule has 0 fully saturated rings. The molecule has 1 aromatic rings. The molecular weight excluding hydrogens is 218 g/mol. The summed E-state index contributed by atoms with van der Waals surface area (Å²) in [6, 6.07) is 0. The number of nitrogens with zero attached hydrogens (tertiary/aromatic N) is 3. The number of aromatic nitrogens is 1. The maximum atomic E-state index is 5.69. The first-order valence-corrected chi connectivity index (χ1v) is 5.91. The minimum absolute atomic E-state index is 0.498. The Morgan fingerprint density at radius 3 is 2.57 bits per heavy atom. The van der Waals surface area contributed by atoms with Crippen molar-refractivity contribution in [3.05, 3.63) is 11.1 Å². The smallest absolute Gasteiger partial charge is 0.185 e. The summed E-state index contributed by atoms with van der Waals surface area (Å²) in [4.78, 5) is 8.71. The summed E-state index contributed by atoms with van der Waals surface area (Å²) in [5.41, 5.74) is 0.961. The lowest BCUT2D eigenvalue weighted by Gasteiger charge is -2.18. The zero-order chi connectivity index (χ0) is 10.6. The average molecular weight is 234 g/mol. The Labute approximate surface area is 94.3 Å². The van der Waals surface area contributed by atoms with E-state index in [-0.39, 0.29) is 0 Å². The van der Waals surface area contributed by atoms with Crippen molar-refractivity contribution >= 4 is 28.1 Å². The van der Waals surface area contributed by atoms with Crippen molar-refractivity contribution in [3.8, 4) is 0 Å². The van der Waals surface area contributed by atoms with Gasteiger partial charge in [-0.1, -0.05) is 0 Å². The summed E-state index contributed by atoms with van der Waals surface area (Å²) in [5, 5.41) is 3.05. The molecule has 80 valence electrons. The van der Waals surface area contributed by atoms with Crippen LogP contribution in [0.4, 0.5) is 5.13 Å². The Morgan fingerprint density at radius 2 is 2.07 bits per heavy atom. The minimum Gasteiger partial charge on any atom is -0.350 e. The van der Waals surface area contributed by atoms with E-state index in [2.05, 4.69) is 35.9 Å². The molecule has 14 heavy (non-hydrogen) atoms. The van der Waals surface area contributed by atoms with Crippen LogP contribution < -0.4 is 4.90 Å². The number of hydrogen-bond acceptors (Lipinski definition) is 4. The Kier molecular flexibility index (Phi) is 4.65. The van der Waals surface area contributed by atoms with Gasteiger partial charge in [0.2, 0.25) is 0 Å². The van der Waals surface area contributed by atoms with E-state index in [1.807, 2.05) is 5.38 Å². The molecule has 0 aliphatic carbocycles. The first-order chi connectivity index (χ1) is 6.63. The molecule has 0 aromatic carbocycles. The van der Waals surface area contributed by atoms with Crippen molar-refractivity contribution in [3.63, 3.8) is 0 Å². The van der Waals surface area contributed by atoms with Crippen LogP contribution in [0.5, 0.6) is 0 Å². The second-order valence-electron chi connectivity index (χ2n) is 3.48. The van der Waals surface area contributed by atoms with E-state index < -0.39 is 0 Å². The van der Waals surface area contributed by atoms with Gasteiger partial charge in [0.15, 0.2) is 5.13 Å². The second-order valence-corrected chi connectivity index (χ2v) is 4.58. The van der Waals surface area contributed by atoms with Crippen LogP contribution >= 0.6 is 22.9 Å². The number of anilines is 1. The topological polar surface area (TPSA) is 19.4 Å². The van der Waals surface area contributed by atoms with Crippen LogP contribution in [0.15, 0.2) is 5.38 Å². The predicted molar refractivity (Wildman–Crippen MR) is 63.5 cm³/mol. The number of halogens is 1. The molecule has 0 saturated carbocycles. The second kappa shape index (κ2) is 5.53. The van der Waals surface area contributed by atoms with Gasteiger partial charge < -0.3 is 9.80 Å². The molecule has 1 rings (SSSR count). The lowest BCUT2D eigenvalue weighted by Crippen LogP contribution is -2.28. The van der Waals surface area contributed by atoms with E-state index >= 15 is 0 Å². The molecule has 5 heteroatoms. The highest BCUT2D eigenvalue weighted by Gasteiger charge is 2.06. The number of likely N-dealkylation sites (N-methyl/N-ethyl adjacent to an activating group) is 2. The monoisotopic (exact) mass is 233 g/mol. The maximum absolute atomic E-state index is 5.69. The van der Waals surface area contributed by atoms with Gasteiger partial charge in [-0.25, -0.2) is 4.98 Å². The first kappa shape index (κ1) is 11.8. The van der Waals surface area contributed by atoms with Crippen LogP contribution in [0.1, 0.15) is 5.69 Å². The fourth-order valence-electron chi connectivity index (χ4n) is 0.979. The van der Waals surface area contributed by atoms with E-state index in [0.29, 0.717) is 5.88 Å². The van der Waals surface area contributed by atoms with Gasteiger partial charge >= 0.3 is 0 Å². The molecule has 0 aliphatic rings. The Balaban J connectivity index is 2.47. The highest BCUT2D eigenvalue weighted by atomic mass is 35.5. The van der Waals surface area contributed by atoms with Crippen LogP contribution in [-0.4, -0.2) is 44.1 Å². The summed E-state index contributed by atoms with van der Waals surface area (Å²) < 4.78 is 0. The van der Waals surface area contributed by atoms with Gasteiger partial charge in [0, 0.05) is 25.5 Å². The van der Waals surface area contributed by atoms with Crippen LogP contribution in [0.25, 0.3) is 0 Å². The van der Waals surface area contributed by atoms with Gasteiger partial charge in [-0.15, -0.1) is 22.9 Å². The van der Waals surface area contributed by atoms with Gasteiger partial charge in [0.05, 0.1) is 11.6 Å². The lowest BCUT2D eigenvalue weighted by molar-refractivity contribution is 0.416. The molecule has 0 radical (unpaired) electrons. The Morgan fingerprint density at radius 1 is 1.36 bits per heavy atom. The van der Waals surface area contributed by atoms with Gasteiger partial charge in [0.25, 0.3) is 0 Å². The van der Waals surface area contributed by atoms with Crippen molar-refractivity contribution in [1.82, 2.24) is 9.88 Å². The van der Waals surface area contributed by atoms with Crippen molar-refractivity contribution < 1.29 is 0 Å². The Bertz CT molecular complexity index is 275. The van der Waals surface area contributed by atoms with Gasteiger partial charge in [-0.05, 0) is 14.1 Å². The van der Waals surface area contributed by atoms with E-state index in [9.17, 15) is 0 Å². The van der Waals surface area contributed by atoms with Gasteiger partial charge in [-0.3, -0.25) is 0 Å². The number of hydrogen-bond donors (Lipinski definition) is 0. The van der Waals surface area contributed by atoms with Crippen molar-refractivity contribution in [2.24, 2.45) is 0 Å². The standard InChI is InChI=1S/C9H16ClN3S/c1-12(2)4-5-13(3)9-11-8(6-10)7-14-9/h7H,4-6H2,1-3H3. The average Bonchev–Trinajstić information content (AvgIpc) is 2.62. The third-order valence-electron chi connectivity index (χ3n) is 1.89. The van der Waals surface area contributed by atoms with Crippen molar-refractivity contribution in [2.75, 3.05) is 39.1 Å². The third-order valence-corrected chi connectivity index (χ3v) is 3.16. The summed E-state index contributed by atoms with van der Waals surface area (Å²) in [7, 11) is 6.19. The number of rotatable bonds is 5. The molecule has 0 bridgehead atoms. The quantitative estimate of drug-likeness (QED) is 0.724. The van der Waals surface area contributed by atoms with Gasteiger partial charge in [0.1, 0.15) is 0 Å². The van der Waals surface area contributed by atoms with Crippen LogP contribution in [0.2, 0.25) is 0 Å². The number of alkyl halides is 1. The summed E-state index contributed by atoms with van der Waals surface area (Å²) in [6.07, 6.45) is 0. The molecule has 0 aliphatic heterocycles. The fourth-order valence-corrected chi connectivity index (χ4v) is 2.03. The maximum Gasteiger partial charge on any atom is 0.185 e. The van der Waals surface area contributed by atoms with Gasteiger partial charge in [-0.2, -0.15) is 0 Å². The first-order valence-electron chi connectivity index (χ1n) is 4.49. The molecule has 0 amide bonds. The van der Waals surface area contributed by atoms with Crippen LogP contribution in [-0.2, 0) is 5.88 Å². The van der Waals surface area contributed by atoms with Crippen molar-refractivity contribution in [2.45, 2.75) is 5.88 Å². The van der Waals surface area contributed by atoms with E-state index in [4.69, 9.17) is 11.6 Å². The van der Waals surface area contributed by atoms with Crippen molar-refractivity contribution in [1.29, 1.82) is 0 Å². The van der Waals surface area contributed by atoms with Crippen LogP contribution in [0.3, 0.4) is 0 Å². The Hall–Kier alpha value is -0.320. The zero-order valence-corrected chi connectivity index (χ0v) is 10.4. The van der Waals surface area contributed by atoms with E-state index in [1.54, 1.807) is 11.3 Å². The normalized spacial score (nSPS) is 10.9. The zero-order valence-electron chi connectivity index (χ0n) is 8.83. The summed E-state index contributed by atoms with van der Waals surface area (Å²) in [5.74, 6) is 0.498. The molecule has 0 spiro atoms. The van der Waals surface area contributed by atoms with E-state index in [0.717, 1.165) is 23.9 Å². The molecule has 1 aromatic heterocycles. The van der Waals surface area contributed by atoms with E-state index in [1.165, 1.54) is 0 Å². The molecular formula is C9H16ClN3S. The third kappa shape index (κ3) is 3.44. The molecule has 1 heterocycles. The SMILES string of the molecule is CN(C)CCN(C)c1nc(CCl)cs1.